The fraction of sp³-hybridized carbons (Fsp3) is 0.206. The van der Waals surface area contributed by atoms with E-state index >= 15 is 0 Å². The second-order valence-electron chi connectivity index (χ2n) is 20.9. The number of furan rings is 1. The summed E-state index contributed by atoms with van der Waals surface area (Å²) in [4.78, 5) is 2.51. The molecule has 1 heterocycles. The Kier molecular flexibility index (Phi) is 9.49. The first-order chi connectivity index (χ1) is 31.2. The average Bonchev–Trinajstić information content (AvgIpc) is 3.79. The zero-order chi connectivity index (χ0) is 44.8. The first-order valence-electron chi connectivity index (χ1n) is 23.4. The summed E-state index contributed by atoms with van der Waals surface area (Å²) in [7, 11) is 0. The number of hydrogen-bond donors (Lipinski definition) is 0. The summed E-state index contributed by atoms with van der Waals surface area (Å²) >= 11 is 0. The van der Waals surface area contributed by atoms with Crippen LogP contribution in [0.25, 0.3) is 71.7 Å². The summed E-state index contributed by atoms with van der Waals surface area (Å²) in [5.74, 6) is 0. The third kappa shape index (κ3) is 6.94. The number of fused-ring (bicyclic) bond motifs is 7. The fourth-order valence-electron chi connectivity index (χ4n) is 10.6. The van der Waals surface area contributed by atoms with Crippen molar-refractivity contribution in [3.8, 4) is 33.4 Å². The lowest BCUT2D eigenvalue weighted by Gasteiger charge is -2.33. The Morgan fingerprint density at radius 2 is 1.15 bits per heavy atom. The number of benzene rings is 8. The standard InChI is InChI=1S/C63H57NO/c1-61(2,3)46-38-54(62(4,5)6)60-55(39-46)63(7,8)53-24-16-23-52(59(53)60)49-21-11-13-25-56(49)64(48-20-15-19-43(36-48)44-28-27-40-17-9-10-18-42(40)35-44)47-32-29-41(30-33-47)45-31-34-51-50-22-12-14-26-57(50)65-58(51)37-45/h9-10,12,14-39H,11,13H2,1-8H3. The molecule has 0 spiro atoms. The molecule has 8 aromatic carbocycles. The minimum Gasteiger partial charge on any atom is -0.456 e. The SMILES string of the molecule is CC(C)(C)c1cc(C(C)(C)C)c2c(c1)C(C)(C)c1cccc(C3=CCCC=C3N(c3ccc(-c4ccc5c(c4)oc4ccccc45)cc3)c3cccc(-c4ccc5ccccc5c4)c3)c1-2. The highest BCUT2D eigenvalue weighted by atomic mass is 16.3. The molecule has 65 heavy (non-hydrogen) atoms. The van der Waals surface area contributed by atoms with Crippen LogP contribution in [0.5, 0.6) is 0 Å². The van der Waals surface area contributed by atoms with Gasteiger partial charge in [0.2, 0.25) is 0 Å². The summed E-state index contributed by atoms with van der Waals surface area (Å²) in [5, 5.41) is 4.79. The molecule has 0 aliphatic heterocycles. The molecule has 1 aromatic heterocycles. The quantitative estimate of drug-likeness (QED) is 0.166. The van der Waals surface area contributed by atoms with Gasteiger partial charge in [-0.15, -0.1) is 0 Å². The van der Waals surface area contributed by atoms with Crippen LogP contribution in [0.3, 0.4) is 0 Å². The Morgan fingerprint density at radius 3 is 1.95 bits per heavy atom. The van der Waals surface area contributed by atoms with E-state index in [-0.39, 0.29) is 16.2 Å². The molecular formula is C63H57NO. The van der Waals surface area contributed by atoms with Gasteiger partial charge in [0.25, 0.3) is 0 Å². The van der Waals surface area contributed by atoms with Crippen LogP contribution in [0.2, 0.25) is 0 Å². The molecule has 0 amide bonds. The van der Waals surface area contributed by atoms with Crippen molar-refractivity contribution < 1.29 is 4.42 Å². The van der Waals surface area contributed by atoms with Crippen molar-refractivity contribution in [2.24, 2.45) is 0 Å². The van der Waals surface area contributed by atoms with Crippen LogP contribution in [-0.4, -0.2) is 0 Å². The Balaban J connectivity index is 1.07. The molecule has 2 aliphatic carbocycles. The number of nitrogens with zero attached hydrogens (tertiary/aromatic N) is 1. The van der Waals surface area contributed by atoms with E-state index in [0.29, 0.717) is 0 Å². The van der Waals surface area contributed by atoms with E-state index < -0.39 is 0 Å². The zero-order valence-electron chi connectivity index (χ0n) is 39.0. The maximum Gasteiger partial charge on any atom is 0.136 e. The summed E-state index contributed by atoms with van der Waals surface area (Å²) in [6, 6.07) is 60.7. The van der Waals surface area contributed by atoms with Crippen LogP contribution in [0.15, 0.2) is 186 Å². The Bertz CT molecular complexity index is 3410. The van der Waals surface area contributed by atoms with Crippen LogP contribution < -0.4 is 4.90 Å². The van der Waals surface area contributed by atoms with Gasteiger partial charge in [-0.2, -0.15) is 0 Å². The van der Waals surface area contributed by atoms with E-state index in [0.717, 1.165) is 57.3 Å². The molecule has 0 N–H and O–H groups in total. The third-order valence-corrected chi connectivity index (χ3v) is 14.2. The predicted molar refractivity (Wildman–Crippen MR) is 277 cm³/mol. The molecule has 0 saturated carbocycles. The highest BCUT2D eigenvalue weighted by Crippen LogP contribution is 2.56. The molecule has 2 nitrogen and oxygen atoms in total. The van der Waals surface area contributed by atoms with E-state index in [2.05, 4.69) is 224 Å². The Morgan fingerprint density at radius 1 is 0.477 bits per heavy atom. The lowest BCUT2D eigenvalue weighted by Crippen LogP contribution is -2.21. The second kappa shape index (κ2) is 15.1. The third-order valence-electron chi connectivity index (χ3n) is 14.2. The van der Waals surface area contributed by atoms with Gasteiger partial charge in [-0.25, -0.2) is 0 Å². The van der Waals surface area contributed by atoms with Crippen LogP contribution in [0.4, 0.5) is 11.4 Å². The van der Waals surface area contributed by atoms with Crippen molar-refractivity contribution in [3.63, 3.8) is 0 Å². The second-order valence-corrected chi connectivity index (χ2v) is 20.9. The van der Waals surface area contributed by atoms with Gasteiger partial charge in [-0.3, -0.25) is 0 Å². The molecule has 0 atom stereocenters. The normalized spacial score (nSPS) is 14.6. The van der Waals surface area contributed by atoms with Crippen molar-refractivity contribution in [1.29, 1.82) is 0 Å². The topological polar surface area (TPSA) is 16.4 Å². The monoisotopic (exact) mass is 843 g/mol. The van der Waals surface area contributed by atoms with E-state index in [1.807, 2.05) is 12.1 Å². The van der Waals surface area contributed by atoms with Gasteiger partial charge in [-0.1, -0.05) is 183 Å². The Labute approximate surface area is 384 Å². The molecule has 11 rings (SSSR count). The summed E-state index contributed by atoms with van der Waals surface area (Å²) in [6.45, 7) is 19.1. The molecule has 0 saturated heterocycles. The van der Waals surface area contributed by atoms with Crippen molar-refractivity contribution >= 4 is 49.7 Å². The van der Waals surface area contributed by atoms with Gasteiger partial charge in [0.1, 0.15) is 11.2 Å². The molecule has 0 unspecified atom stereocenters. The smallest absolute Gasteiger partial charge is 0.136 e. The van der Waals surface area contributed by atoms with Crippen molar-refractivity contribution in [3.05, 3.63) is 209 Å². The highest BCUT2D eigenvalue weighted by molar-refractivity contribution is 6.06. The summed E-state index contributed by atoms with van der Waals surface area (Å²) in [6.07, 6.45) is 6.94. The van der Waals surface area contributed by atoms with Crippen LogP contribution >= 0.6 is 0 Å². The highest BCUT2D eigenvalue weighted by Gasteiger charge is 2.42. The number of allylic oxidation sites excluding steroid dienone is 3. The zero-order valence-corrected chi connectivity index (χ0v) is 39.0. The van der Waals surface area contributed by atoms with E-state index in [1.54, 1.807) is 0 Å². The van der Waals surface area contributed by atoms with Gasteiger partial charge in [0, 0.05) is 38.8 Å². The first-order valence-corrected chi connectivity index (χ1v) is 23.4. The molecule has 0 radical (unpaired) electrons. The van der Waals surface area contributed by atoms with Crippen LogP contribution in [-0.2, 0) is 16.2 Å². The molecule has 2 aliphatic rings. The van der Waals surface area contributed by atoms with Gasteiger partial charge >= 0.3 is 0 Å². The van der Waals surface area contributed by atoms with Gasteiger partial charge in [0.05, 0.1) is 0 Å². The Hall–Kier alpha value is -6.90. The average molecular weight is 844 g/mol. The van der Waals surface area contributed by atoms with Crippen LogP contribution in [0, 0.1) is 0 Å². The number of rotatable bonds is 6. The molecule has 9 aromatic rings. The van der Waals surface area contributed by atoms with Gasteiger partial charge in [0.15, 0.2) is 0 Å². The summed E-state index contributed by atoms with van der Waals surface area (Å²) < 4.78 is 6.33. The molecule has 0 fully saturated rings. The van der Waals surface area contributed by atoms with Gasteiger partial charge < -0.3 is 9.32 Å². The fourth-order valence-corrected chi connectivity index (χ4v) is 10.6. The number of para-hydroxylation sites is 1. The lowest BCUT2D eigenvalue weighted by molar-refractivity contribution is 0.564. The maximum atomic E-state index is 6.33. The largest absolute Gasteiger partial charge is 0.456 e. The maximum absolute atomic E-state index is 6.33. The molecule has 320 valence electrons. The van der Waals surface area contributed by atoms with Crippen molar-refractivity contribution in [2.75, 3.05) is 4.90 Å². The van der Waals surface area contributed by atoms with Gasteiger partial charge in [-0.05, 0) is 144 Å². The minimum atomic E-state index is -0.157. The lowest BCUT2D eigenvalue weighted by atomic mass is 9.74. The van der Waals surface area contributed by atoms with E-state index in [1.165, 1.54) is 72.1 Å². The number of hydrogen-bond acceptors (Lipinski definition) is 2. The van der Waals surface area contributed by atoms with E-state index in [9.17, 15) is 0 Å². The molecular weight excluding hydrogens is 787 g/mol. The van der Waals surface area contributed by atoms with Crippen LogP contribution in [0.1, 0.15) is 96.0 Å². The van der Waals surface area contributed by atoms with E-state index in [4.69, 9.17) is 4.42 Å². The van der Waals surface area contributed by atoms with Crippen molar-refractivity contribution in [2.45, 2.75) is 84.5 Å². The number of anilines is 2. The molecule has 2 heteroatoms. The minimum absolute atomic E-state index is 0.0299. The molecule has 0 bridgehead atoms. The van der Waals surface area contributed by atoms with Crippen molar-refractivity contribution in [1.82, 2.24) is 0 Å². The predicted octanol–water partition coefficient (Wildman–Crippen LogP) is 17.9. The first kappa shape index (κ1) is 40.8. The summed E-state index contributed by atoms with van der Waals surface area (Å²) in [5.41, 5.74) is 20.9.